The van der Waals surface area contributed by atoms with Crippen molar-refractivity contribution in [1.29, 1.82) is 0 Å². The van der Waals surface area contributed by atoms with Gasteiger partial charge in [-0.1, -0.05) is 31.2 Å². The first-order valence-corrected chi connectivity index (χ1v) is 11.7. The van der Waals surface area contributed by atoms with E-state index < -0.39 is 5.97 Å². The Kier molecular flexibility index (Phi) is 7.95. The lowest BCUT2D eigenvalue weighted by Crippen LogP contribution is -2.43. The van der Waals surface area contributed by atoms with Gasteiger partial charge in [0.15, 0.2) is 0 Å². The molecule has 178 valence electrons. The molecule has 3 rings (SSSR count). The molecule has 2 amide bonds. The van der Waals surface area contributed by atoms with Crippen molar-refractivity contribution in [2.45, 2.75) is 54.0 Å². The Hall–Kier alpha value is -3.09. The summed E-state index contributed by atoms with van der Waals surface area (Å²) in [4.78, 5) is 43.0. The highest BCUT2D eigenvalue weighted by Crippen LogP contribution is 2.27. The van der Waals surface area contributed by atoms with E-state index in [1.54, 1.807) is 20.8 Å². The van der Waals surface area contributed by atoms with Gasteiger partial charge in [-0.3, -0.25) is 9.59 Å². The summed E-state index contributed by atoms with van der Waals surface area (Å²) in [5, 5.41) is 3.07. The number of H-pyrrole nitrogens is 1. The maximum atomic E-state index is 13.1. The topological polar surface area (TPSA) is 91.5 Å². The predicted octanol–water partition coefficient (Wildman–Crippen LogP) is 3.92. The molecular formula is C26H35N3O4. The summed E-state index contributed by atoms with van der Waals surface area (Å²) in [5.41, 5.74) is 4.44. The first-order valence-electron chi connectivity index (χ1n) is 11.7. The van der Waals surface area contributed by atoms with E-state index in [4.69, 9.17) is 4.74 Å². The van der Waals surface area contributed by atoms with Crippen LogP contribution >= 0.6 is 0 Å². The second kappa shape index (κ2) is 10.7. The Labute approximate surface area is 195 Å². The number of nitrogens with one attached hydrogen (secondary N) is 2. The fraction of sp³-hybridized carbons (Fsp3) is 0.500. The van der Waals surface area contributed by atoms with E-state index in [9.17, 15) is 14.4 Å². The highest BCUT2D eigenvalue weighted by molar-refractivity contribution is 6.00. The minimum Gasteiger partial charge on any atom is -0.462 e. The zero-order valence-corrected chi connectivity index (χ0v) is 20.3. The molecule has 1 aromatic carbocycles. The molecule has 1 fully saturated rings. The van der Waals surface area contributed by atoms with Gasteiger partial charge < -0.3 is 19.9 Å². The van der Waals surface area contributed by atoms with Gasteiger partial charge in [-0.2, -0.15) is 0 Å². The molecule has 2 heterocycles. The molecule has 7 nitrogen and oxygen atoms in total. The molecule has 0 saturated carbocycles. The van der Waals surface area contributed by atoms with Gasteiger partial charge in [-0.15, -0.1) is 0 Å². The van der Waals surface area contributed by atoms with Gasteiger partial charge in [0.2, 0.25) is 5.91 Å². The van der Waals surface area contributed by atoms with Gasteiger partial charge in [-0.25, -0.2) is 4.79 Å². The molecule has 0 spiro atoms. The van der Waals surface area contributed by atoms with Crippen LogP contribution in [0.2, 0.25) is 0 Å². The molecule has 1 atom stereocenters. The van der Waals surface area contributed by atoms with E-state index in [2.05, 4.69) is 10.3 Å². The molecule has 1 aliphatic rings. The number of esters is 1. The molecule has 0 aliphatic carbocycles. The minimum absolute atomic E-state index is 0.0537. The van der Waals surface area contributed by atoms with Crippen molar-refractivity contribution in [2.75, 3.05) is 19.7 Å². The third kappa shape index (κ3) is 5.46. The smallest absolute Gasteiger partial charge is 0.340 e. The van der Waals surface area contributed by atoms with E-state index in [0.29, 0.717) is 42.1 Å². The third-order valence-electron chi connectivity index (χ3n) is 6.79. The lowest BCUT2D eigenvalue weighted by atomic mass is 9.84. The van der Waals surface area contributed by atoms with E-state index in [1.807, 2.05) is 43.0 Å². The summed E-state index contributed by atoms with van der Waals surface area (Å²) in [5.74, 6) is -0.352. The van der Waals surface area contributed by atoms with Crippen molar-refractivity contribution in [3.05, 3.63) is 57.9 Å². The number of rotatable bonds is 7. The quantitative estimate of drug-likeness (QED) is 0.622. The van der Waals surface area contributed by atoms with Gasteiger partial charge in [0, 0.05) is 31.2 Å². The highest BCUT2D eigenvalue weighted by Gasteiger charge is 2.32. The van der Waals surface area contributed by atoms with Gasteiger partial charge in [0.25, 0.3) is 5.91 Å². The summed E-state index contributed by atoms with van der Waals surface area (Å²) >= 11 is 0. The van der Waals surface area contributed by atoms with Crippen LogP contribution in [-0.2, 0) is 16.1 Å². The first kappa shape index (κ1) is 24.6. The molecule has 2 N–H and O–H groups in total. The highest BCUT2D eigenvalue weighted by atomic mass is 16.5. The molecule has 7 heteroatoms. The third-order valence-corrected chi connectivity index (χ3v) is 6.79. The number of aromatic nitrogens is 1. The Morgan fingerprint density at radius 2 is 1.82 bits per heavy atom. The summed E-state index contributed by atoms with van der Waals surface area (Å²) in [6.45, 7) is 11.3. The number of aryl methyl sites for hydroxylation is 2. The second-order valence-corrected chi connectivity index (χ2v) is 8.91. The standard InChI is InChI=1S/C26H35N3O4/c1-6-33-26(32)22-18(4)23(28-19(22)5)25(31)29-13-11-20(12-14-29)17(3)24(30)27-15-21-10-8-7-9-16(21)2/h7-10,17,20,28H,6,11-15H2,1-5H3,(H,27,30). The molecule has 33 heavy (non-hydrogen) atoms. The van der Waals surface area contributed by atoms with E-state index in [-0.39, 0.29) is 30.3 Å². The summed E-state index contributed by atoms with van der Waals surface area (Å²) in [6, 6.07) is 8.04. The molecular weight excluding hydrogens is 418 g/mol. The van der Waals surface area contributed by atoms with Crippen LogP contribution in [-0.4, -0.2) is 47.4 Å². The molecule has 0 bridgehead atoms. The fourth-order valence-electron chi connectivity index (χ4n) is 4.60. The van der Waals surface area contributed by atoms with Crippen LogP contribution in [0.15, 0.2) is 24.3 Å². The molecule has 1 aliphatic heterocycles. The van der Waals surface area contributed by atoms with Crippen LogP contribution in [0.4, 0.5) is 0 Å². The molecule has 2 aromatic rings. The Bertz CT molecular complexity index is 1020. The van der Waals surface area contributed by atoms with Crippen LogP contribution in [0.5, 0.6) is 0 Å². The van der Waals surface area contributed by atoms with E-state index >= 15 is 0 Å². The summed E-state index contributed by atoms with van der Waals surface area (Å²) in [7, 11) is 0. The van der Waals surface area contributed by atoms with Gasteiger partial charge >= 0.3 is 5.97 Å². The Balaban J connectivity index is 1.56. The molecule has 1 aromatic heterocycles. The van der Waals surface area contributed by atoms with Gasteiger partial charge in [0.05, 0.1) is 12.2 Å². The van der Waals surface area contributed by atoms with Crippen LogP contribution in [0.25, 0.3) is 0 Å². The average molecular weight is 454 g/mol. The van der Waals surface area contributed by atoms with Crippen molar-refractivity contribution in [1.82, 2.24) is 15.2 Å². The number of likely N-dealkylation sites (tertiary alicyclic amines) is 1. The van der Waals surface area contributed by atoms with Crippen LogP contribution in [0.3, 0.4) is 0 Å². The SMILES string of the molecule is CCOC(=O)c1c(C)[nH]c(C(=O)N2CCC(C(C)C(=O)NCc3ccccc3C)CC2)c1C. The number of ether oxygens (including phenoxy) is 1. The maximum Gasteiger partial charge on any atom is 0.340 e. The molecule has 0 radical (unpaired) electrons. The summed E-state index contributed by atoms with van der Waals surface area (Å²) < 4.78 is 5.12. The maximum absolute atomic E-state index is 13.1. The number of hydrogen-bond donors (Lipinski definition) is 2. The number of nitrogens with zero attached hydrogens (tertiary/aromatic N) is 1. The van der Waals surface area contributed by atoms with Crippen molar-refractivity contribution in [3.63, 3.8) is 0 Å². The first-order chi connectivity index (χ1) is 15.7. The molecule has 1 saturated heterocycles. The Morgan fingerprint density at radius 1 is 1.15 bits per heavy atom. The minimum atomic E-state index is -0.410. The lowest BCUT2D eigenvalue weighted by molar-refractivity contribution is -0.126. The van der Waals surface area contributed by atoms with Gasteiger partial charge in [-0.05, 0) is 63.1 Å². The van der Waals surface area contributed by atoms with Gasteiger partial charge in [0.1, 0.15) is 5.69 Å². The van der Waals surface area contributed by atoms with Crippen LogP contribution < -0.4 is 5.32 Å². The molecule has 1 unspecified atom stereocenters. The van der Waals surface area contributed by atoms with Crippen molar-refractivity contribution in [2.24, 2.45) is 11.8 Å². The van der Waals surface area contributed by atoms with E-state index in [0.717, 1.165) is 18.4 Å². The normalized spacial score (nSPS) is 15.2. The number of benzene rings is 1. The number of hydrogen-bond acceptors (Lipinski definition) is 4. The Morgan fingerprint density at radius 3 is 2.45 bits per heavy atom. The average Bonchev–Trinajstić information content (AvgIpc) is 3.11. The monoisotopic (exact) mass is 453 g/mol. The van der Waals surface area contributed by atoms with Crippen LogP contribution in [0.1, 0.15) is 69.9 Å². The van der Waals surface area contributed by atoms with Crippen LogP contribution in [0, 0.1) is 32.6 Å². The van der Waals surface area contributed by atoms with E-state index in [1.165, 1.54) is 5.56 Å². The van der Waals surface area contributed by atoms with Crippen molar-refractivity contribution < 1.29 is 19.1 Å². The van der Waals surface area contributed by atoms with Crippen molar-refractivity contribution >= 4 is 17.8 Å². The zero-order chi connectivity index (χ0) is 24.1. The fourth-order valence-corrected chi connectivity index (χ4v) is 4.60. The second-order valence-electron chi connectivity index (χ2n) is 8.91. The summed E-state index contributed by atoms with van der Waals surface area (Å²) in [6.07, 6.45) is 1.54. The number of amides is 2. The number of piperidine rings is 1. The number of carbonyl (C=O) groups excluding carboxylic acids is 3. The van der Waals surface area contributed by atoms with Crippen molar-refractivity contribution in [3.8, 4) is 0 Å². The number of aromatic amines is 1. The predicted molar refractivity (Wildman–Crippen MR) is 127 cm³/mol. The number of carbonyl (C=O) groups is 3. The zero-order valence-electron chi connectivity index (χ0n) is 20.3. The lowest BCUT2D eigenvalue weighted by Gasteiger charge is -2.34. The largest absolute Gasteiger partial charge is 0.462 e.